The van der Waals surface area contributed by atoms with E-state index in [9.17, 15) is 9.50 Å². The Balaban J connectivity index is 0.00000364. The smallest absolute Gasteiger partial charge is 0.191 e. The van der Waals surface area contributed by atoms with Gasteiger partial charge in [0.15, 0.2) is 5.96 Å². The Morgan fingerprint density at radius 1 is 1.33 bits per heavy atom. The normalized spacial score (nSPS) is 13.6. The number of rotatable bonds is 8. The van der Waals surface area contributed by atoms with Crippen molar-refractivity contribution in [2.24, 2.45) is 4.99 Å². The molecule has 0 spiro atoms. The van der Waals surface area contributed by atoms with Gasteiger partial charge in [-0.15, -0.1) is 24.0 Å². The number of aliphatic hydroxyl groups is 1. The molecule has 8 heteroatoms. The van der Waals surface area contributed by atoms with E-state index < -0.39 is 5.60 Å². The first kappa shape index (κ1) is 23.4. The van der Waals surface area contributed by atoms with Crippen molar-refractivity contribution in [3.63, 3.8) is 0 Å². The summed E-state index contributed by atoms with van der Waals surface area (Å²) in [5, 5.41) is 16.7. The maximum absolute atomic E-state index is 13.7. The Morgan fingerprint density at radius 2 is 2.11 bits per heavy atom. The number of furan rings is 1. The van der Waals surface area contributed by atoms with Gasteiger partial charge in [0.25, 0.3) is 0 Å². The minimum absolute atomic E-state index is 0. The molecular formula is C19H27FIN3O3. The zero-order chi connectivity index (χ0) is 19.0. The van der Waals surface area contributed by atoms with E-state index in [0.29, 0.717) is 30.4 Å². The van der Waals surface area contributed by atoms with Crippen molar-refractivity contribution >= 4 is 29.9 Å². The van der Waals surface area contributed by atoms with Gasteiger partial charge in [-0.25, -0.2) is 9.38 Å². The van der Waals surface area contributed by atoms with Crippen LogP contribution in [0.5, 0.6) is 0 Å². The molecule has 27 heavy (non-hydrogen) atoms. The van der Waals surface area contributed by atoms with Gasteiger partial charge in [-0.05, 0) is 43.7 Å². The highest BCUT2D eigenvalue weighted by Crippen LogP contribution is 2.19. The summed E-state index contributed by atoms with van der Waals surface area (Å²) < 4.78 is 24.0. The Labute approximate surface area is 176 Å². The number of guanidine groups is 1. The molecule has 0 aliphatic rings. The topological polar surface area (TPSA) is 79.0 Å². The maximum atomic E-state index is 13.7. The lowest BCUT2D eigenvalue weighted by Crippen LogP contribution is -2.44. The maximum Gasteiger partial charge on any atom is 0.191 e. The molecule has 0 radical (unpaired) electrons. The number of hydrogen-bond donors (Lipinski definition) is 3. The summed E-state index contributed by atoms with van der Waals surface area (Å²) in [4.78, 5) is 4.49. The minimum atomic E-state index is -1.17. The Morgan fingerprint density at radius 3 is 2.74 bits per heavy atom. The van der Waals surface area contributed by atoms with Gasteiger partial charge in [-0.1, -0.05) is 6.07 Å². The van der Waals surface area contributed by atoms with E-state index in [4.69, 9.17) is 9.15 Å². The average molecular weight is 491 g/mol. The van der Waals surface area contributed by atoms with E-state index in [-0.39, 0.29) is 42.9 Å². The lowest BCUT2D eigenvalue weighted by atomic mass is 10.0. The van der Waals surface area contributed by atoms with E-state index in [1.54, 1.807) is 31.2 Å². The number of methoxy groups -OCH3 is 1. The molecule has 0 bridgehead atoms. The van der Waals surface area contributed by atoms with Gasteiger partial charge in [0.05, 0.1) is 26.0 Å². The van der Waals surface area contributed by atoms with E-state index in [2.05, 4.69) is 15.6 Å². The first-order valence-electron chi connectivity index (χ1n) is 8.51. The molecule has 1 aromatic carbocycles. The average Bonchev–Trinajstić information content (AvgIpc) is 3.16. The van der Waals surface area contributed by atoms with Crippen LogP contribution in [0.4, 0.5) is 4.39 Å². The van der Waals surface area contributed by atoms with Crippen LogP contribution >= 0.6 is 24.0 Å². The van der Waals surface area contributed by atoms with E-state index in [0.717, 1.165) is 5.56 Å². The van der Waals surface area contributed by atoms with Gasteiger partial charge >= 0.3 is 0 Å². The third-order valence-corrected chi connectivity index (χ3v) is 3.83. The van der Waals surface area contributed by atoms with Crippen molar-refractivity contribution < 1.29 is 18.7 Å². The van der Waals surface area contributed by atoms with E-state index in [1.807, 2.05) is 6.92 Å². The monoisotopic (exact) mass is 491 g/mol. The summed E-state index contributed by atoms with van der Waals surface area (Å²) in [5.74, 6) is 0.736. The number of nitrogens with one attached hydrogen (secondary N) is 2. The molecule has 0 fully saturated rings. The zero-order valence-electron chi connectivity index (χ0n) is 15.8. The van der Waals surface area contributed by atoms with Crippen LogP contribution in [0.15, 0.2) is 46.0 Å². The molecule has 3 N–H and O–H groups in total. The van der Waals surface area contributed by atoms with Crippen molar-refractivity contribution in [3.05, 3.63) is 59.3 Å². The second-order valence-corrected chi connectivity index (χ2v) is 6.16. The third kappa shape index (κ3) is 7.11. The van der Waals surface area contributed by atoms with Gasteiger partial charge in [0.2, 0.25) is 0 Å². The highest BCUT2D eigenvalue weighted by Gasteiger charge is 2.26. The van der Waals surface area contributed by atoms with Crippen molar-refractivity contribution in [1.29, 1.82) is 0 Å². The van der Waals surface area contributed by atoms with Crippen LogP contribution in [-0.2, 0) is 23.5 Å². The number of hydrogen-bond acceptors (Lipinski definition) is 4. The molecular weight excluding hydrogens is 464 g/mol. The number of halogens is 2. The second kappa shape index (κ2) is 11.3. The molecule has 1 aromatic heterocycles. The Hall–Kier alpha value is -1.65. The van der Waals surface area contributed by atoms with Gasteiger partial charge in [-0.2, -0.15) is 0 Å². The molecule has 2 rings (SSSR count). The molecule has 150 valence electrons. The third-order valence-electron chi connectivity index (χ3n) is 3.83. The molecule has 2 aromatic rings. The molecule has 6 nitrogen and oxygen atoms in total. The van der Waals surface area contributed by atoms with Crippen molar-refractivity contribution in [3.8, 4) is 0 Å². The standard InChI is InChI=1S/C19H26FN3O3.HI/c1-4-21-18(23-13-19(2,24)17-6-5-9-26-17)22-11-14-7-8-16(20)15(10-14)12-25-3;/h5-10,24H,4,11-13H2,1-3H3,(H2,21,22,23);1H. The molecule has 1 atom stereocenters. The van der Waals surface area contributed by atoms with Crippen LogP contribution in [0, 0.1) is 5.82 Å². The zero-order valence-corrected chi connectivity index (χ0v) is 18.1. The predicted octanol–water partition coefficient (Wildman–Crippen LogP) is 3.15. The quantitative estimate of drug-likeness (QED) is 0.301. The fraction of sp³-hybridized carbons (Fsp3) is 0.421. The minimum Gasteiger partial charge on any atom is -0.466 e. The summed E-state index contributed by atoms with van der Waals surface area (Å²) >= 11 is 0. The van der Waals surface area contributed by atoms with Crippen LogP contribution in [-0.4, -0.2) is 31.3 Å². The van der Waals surface area contributed by atoms with Crippen molar-refractivity contribution in [1.82, 2.24) is 10.6 Å². The number of ether oxygens (including phenoxy) is 1. The molecule has 0 aliphatic heterocycles. The fourth-order valence-corrected chi connectivity index (χ4v) is 2.43. The van der Waals surface area contributed by atoms with E-state index >= 15 is 0 Å². The largest absolute Gasteiger partial charge is 0.466 e. The van der Waals surface area contributed by atoms with Crippen LogP contribution in [0.1, 0.15) is 30.7 Å². The Kier molecular flexibility index (Phi) is 9.75. The van der Waals surface area contributed by atoms with Gasteiger partial charge < -0.3 is 24.9 Å². The van der Waals surface area contributed by atoms with Crippen molar-refractivity contribution in [2.75, 3.05) is 20.2 Å². The van der Waals surface area contributed by atoms with Gasteiger partial charge in [-0.3, -0.25) is 0 Å². The van der Waals surface area contributed by atoms with Gasteiger partial charge in [0.1, 0.15) is 17.2 Å². The second-order valence-electron chi connectivity index (χ2n) is 6.16. The lowest BCUT2D eigenvalue weighted by molar-refractivity contribution is 0.0386. The Bertz CT molecular complexity index is 721. The summed E-state index contributed by atoms with van der Waals surface area (Å²) in [6, 6.07) is 8.31. The predicted molar refractivity (Wildman–Crippen MR) is 114 cm³/mol. The molecule has 1 heterocycles. The number of nitrogens with zero attached hydrogens (tertiary/aromatic N) is 1. The number of benzene rings is 1. The summed E-state index contributed by atoms with van der Waals surface area (Å²) in [7, 11) is 1.53. The lowest BCUT2D eigenvalue weighted by Gasteiger charge is -2.22. The van der Waals surface area contributed by atoms with Crippen LogP contribution < -0.4 is 10.6 Å². The van der Waals surface area contributed by atoms with Crippen molar-refractivity contribution in [2.45, 2.75) is 32.6 Å². The molecule has 0 aliphatic carbocycles. The first-order chi connectivity index (χ1) is 12.5. The fourth-order valence-electron chi connectivity index (χ4n) is 2.43. The first-order valence-corrected chi connectivity index (χ1v) is 8.51. The molecule has 1 unspecified atom stereocenters. The van der Waals surface area contributed by atoms with Gasteiger partial charge in [0, 0.05) is 19.2 Å². The number of aliphatic imine (C=N–C) groups is 1. The molecule has 0 amide bonds. The summed E-state index contributed by atoms with van der Waals surface area (Å²) in [6.45, 7) is 5.11. The van der Waals surface area contributed by atoms with Crippen LogP contribution in [0.2, 0.25) is 0 Å². The van der Waals surface area contributed by atoms with Crippen LogP contribution in [0.3, 0.4) is 0 Å². The van der Waals surface area contributed by atoms with Crippen LogP contribution in [0.25, 0.3) is 0 Å². The van der Waals surface area contributed by atoms with E-state index in [1.165, 1.54) is 19.4 Å². The molecule has 0 saturated heterocycles. The molecule has 0 saturated carbocycles. The highest BCUT2D eigenvalue weighted by molar-refractivity contribution is 14.0. The highest BCUT2D eigenvalue weighted by atomic mass is 127. The SMILES string of the molecule is CCNC(=NCc1ccc(F)c(COC)c1)NCC(C)(O)c1ccco1.I. The summed E-state index contributed by atoms with van der Waals surface area (Å²) in [6.07, 6.45) is 1.52. The summed E-state index contributed by atoms with van der Waals surface area (Å²) in [5.41, 5.74) is 0.202.